The number of benzene rings is 1. The van der Waals surface area contributed by atoms with Gasteiger partial charge < -0.3 is 26.8 Å². The minimum absolute atomic E-state index is 0.276. The monoisotopic (exact) mass is 294 g/mol. The lowest BCUT2D eigenvalue weighted by Gasteiger charge is -2.23. The highest BCUT2D eigenvalue weighted by molar-refractivity contribution is 5.98. The van der Waals surface area contributed by atoms with Gasteiger partial charge in [0.1, 0.15) is 5.75 Å². The quantitative estimate of drug-likeness (QED) is 0.637. The summed E-state index contributed by atoms with van der Waals surface area (Å²) in [5, 5.41) is 5.17. The molecule has 0 saturated heterocycles. The summed E-state index contributed by atoms with van der Waals surface area (Å²) in [6, 6.07) is 4.12. The summed E-state index contributed by atoms with van der Waals surface area (Å²) in [5.41, 5.74) is 11.0. The molecule has 6 N–H and O–H groups in total. The van der Waals surface area contributed by atoms with Crippen LogP contribution in [0.4, 0.5) is 16.2 Å². The zero-order valence-corrected chi connectivity index (χ0v) is 12.5. The number of methoxy groups -OCH3 is 1. The van der Waals surface area contributed by atoms with Gasteiger partial charge in [-0.3, -0.25) is 4.79 Å². The molecule has 0 aliphatic heterocycles. The maximum Gasteiger partial charge on any atom is 0.316 e. The molecule has 1 unspecified atom stereocenters. The van der Waals surface area contributed by atoms with Gasteiger partial charge in [-0.25, -0.2) is 4.79 Å². The summed E-state index contributed by atoms with van der Waals surface area (Å²) in [5.74, 6) is 0.114. The molecule has 116 valence electrons. The zero-order chi connectivity index (χ0) is 16.0. The maximum atomic E-state index is 12.1. The van der Waals surface area contributed by atoms with E-state index in [0.717, 1.165) is 6.42 Å². The average molecular weight is 294 g/mol. The molecule has 0 spiro atoms. The molecule has 1 aromatic carbocycles. The van der Waals surface area contributed by atoms with Crippen LogP contribution in [0.15, 0.2) is 18.2 Å². The lowest BCUT2D eigenvalue weighted by molar-refractivity contribution is -0.120. The molecule has 0 aliphatic rings. The summed E-state index contributed by atoms with van der Waals surface area (Å²) in [6.07, 6.45) is 1.39. The summed E-state index contributed by atoms with van der Waals surface area (Å²) >= 11 is 0. The molecule has 21 heavy (non-hydrogen) atoms. The van der Waals surface area contributed by atoms with Gasteiger partial charge in [0.25, 0.3) is 0 Å². The Morgan fingerprint density at radius 1 is 1.33 bits per heavy atom. The fraction of sp³-hybridized carbons (Fsp3) is 0.429. The molecule has 7 nitrogen and oxygen atoms in total. The number of hydrogen-bond donors (Lipinski definition) is 4. The molecule has 1 atom stereocenters. The van der Waals surface area contributed by atoms with Crippen molar-refractivity contribution in [1.82, 2.24) is 0 Å². The van der Waals surface area contributed by atoms with Crippen molar-refractivity contribution >= 4 is 23.3 Å². The molecule has 0 saturated carbocycles. The average Bonchev–Trinajstić information content (AvgIpc) is 2.39. The van der Waals surface area contributed by atoms with E-state index in [0.29, 0.717) is 23.5 Å². The van der Waals surface area contributed by atoms with Crippen molar-refractivity contribution in [3.63, 3.8) is 0 Å². The van der Waals surface area contributed by atoms with Gasteiger partial charge in [-0.2, -0.15) is 0 Å². The van der Waals surface area contributed by atoms with Crippen LogP contribution in [0.2, 0.25) is 0 Å². The second-order valence-corrected chi connectivity index (χ2v) is 5.03. The highest BCUT2D eigenvalue weighted by Crippen LogP contribution is 2.28. The number of ether oxygens (including phenoxy) is 1. The van der Waals surface area contributed by atoms with E-state index in [9.17, 15) is 9.59 Å². The Bertz CT molecular complexity index is 529. The molecule has 0 heterocycles. The number of nitrogens with one attached hydrogen (secondary N) is 2. The molecule has 1 aromatic rings. The third-order valence-electron chi connectivity index (χ3n) is 3.01. The Labute approximate surface area is 124 Å². The highest BCUT2D eigenvalue weighted by Gasteiger charge is 2.27. The van der Waals surface area contributed by atoms with E-state index in [2.05, 4.69) is 10.6 Å². The molecule has 3 amide bonds. The summed E-state index contributed by atoms with van der Waals surface area (Å²) in [6.45, 7) is 3.65. The van der Waals surface area contributed by atoms with Gasteiger partial charge in [-0.15, -0.1) is 0 Å². The van der Waals surface area contributed by atoms with Gasteiger partial charge in [-0.1, -0.05) is 13.3 Å². The minimum atomic E-state index is -0.938. The van der Waals surface area contributed by atoms with Crippen LogP contribution in [0.3, 0.4) is 0 Å². The van der Waals surface area contributed by atoms with E-state index in [1.165, 1.54) is 7.11 Å². The number of hydrogen-bond acceptors (Lipinski definition) is 4. The van der Waals surface area contributed by atoms with E-state index in [1.807, 2.05) is 6.92 Å². The first-order valence-corrected chi connectivity index (χ1v) is 6.65. The molecular formula is C14H22N4O3. The Morgan fingerprint density at radius 2 is 2.00 bits per heavy atom. The number of primary amides is 1. The normalized spacial score (nSPS) is 13.1. The van der Waals surface area contributed by atoms with Crippen molar-refractivity contribution in [2.24, 2.45) is 11.5 Å². The van der Waals surface area contributed by atoms with Crippen molar-refractivity contribution in [2.75, 3.05) is 17.7 Å². The molecule has 0 aromatic heterocycles. The van der Waals surface area contributed by atoms with Crippen LogP contribution in [0, 0.1) is 0 Å². The van der Waals surface area contributed by atoms with E-state index in [-0.39, 0.29) is 5.91 Å². The Balaban J connectivity index is 2.90. The largest absolute Gasteiger partial charge is 0.494 e. The molecule has 0 bridgehead atoms. The van der Waals surface area contributed by atoms with Gasteiger partial charge >= 0.3 is 6.03 Å². The Kier molecular flexibility index (Phi) is 5.54. The van der Waals surface area contributed by atoms with Crippen molar-refractivity contribution in [1.29, 1.82) is 0 Å². The van der Waals surface area contributed by atoms with Crippen LogP contribution < -0.4 is 26.8 Å². The topological polar surface area (TPSA) is 119 Å². The molecule has 0 radical (unpaired) electrons. The van der Waals surface area contributed by atoms with Crippen molar-refractivity contribution in [3.8, 4) is 5.75 Å². The smallest absolute Gasteiger partial charge is 0.316 e. The number of amides is 3. The maximum absolute atomic E-state index is 12.1. The number of urea groups is 1. The third kappa shape index (κ3) is 4.64. The number of carbonyl (C=O) groups is 2. The minimum Gasteiger partial charge on any atom is -0.494 e. The van der Waals surface area contributed by atoms with Crippen molar-refractivity contribution < 1.29 is 14.3 Å². The van der Waals surface area contributed by atoms with E-state index in [1.54, 1.807) is 25.1 Å². The van der Waals surface area contributed by atoms with Gasteiger partial charge in [0.15, 0.2) is 0 Å². The number of rotatable bonds is 6. The number of nitrogens with two attached hydrogens (primary N) is 2. The van der Waals surface area contributed by atoms with Crippen molar-refractivity contribution in [3.05, 3.63) is 18.2 Å². The van der Waals surface area contributed by atoms with E-state index in [4.69, 9.17) is 16.2 Å². The van der Waals surface area contributed by atoms with E-state index >= 15 is 0 Å². The van der Waals surface area contributed by atoms with Crippen molar-refractivity contribution in [2.45, 2.75) is 32.2 Å². The Morgan fingerprint density at radius 3 is 2.52 bits per heavy atom. The fourth-order valence-electron chi connectivity index (χ4n) is 1.91. The van der Waals surface area contributed by atoms with Crippen LogP contribution >= 0.6 is 0 Å². The highest BCUT2D eigenvalue weighted by atomic mass is 16.5. The van der Waals surface area contributed by atoms with E-state index < -0.39 is 11.6 Å². The molecule has 7 heteroatoms. The molecule has 0 fully saturated rings. The van der Waals surface area contributed by atoms with Crippen LogP contribution in [0.25, 0.3) is 0 Å². The number of carbonyl (C=O) groups excluding carboxylic acids is 2. The van der Waals surface area contributed by atoms with Gasteiger partial charge in [0.2, 0.25) is 5.91 Å². The first-order valence-electron chi connectivity index (χ1n) is 6.65. The number of anilines is 2. The Hall–Kier alpha value is -2.28. The first-order chi connectivity index (χ1) is 9.80. The predicted molar refractivity (Wildman–Crippen MR) is 82.3 cm³/mol. The summed E-state index contributed by atoms with van der Waals surface area (Å²) < 4.78 is 5.15. The van der Waals surface area contributed by atoms with Gasteiger partial charge in [-0.05, 0) is 25.5 Å². The van der Waals surface area contributed by atoms with Gasteiger partial charge in [0.05, 0.1) is 18.3 Å². The van der Waals surface area contributed by atoms with Crippen LogP contribution in [0.5, 0.6) is 5.75 Å². The first kappa shape index (κ1) is 16.8. The molecule has 0 aliphatic carbocycles. The van der Waals surface area contributed by atoms with Crippen LogP contribution in [-0.4, -0.2) is 24.6 Å². The standard InChI is InChI=1S/C14H22N4O3/c1-4-7-14(2,16)12(19)17-9-5-6-10(18-13(15)20)11(8-9)21-3/h5-6,8H,4,7,16H2,1-3H3,(H,17,19)(H3,15,18,20). The summed E-state index contributed by atoms with van der Waals surface area (Å²) in [7, 11) is 1.46. The molecule has 1 rings (SSSR count). The van der Waals surface area contributed by atoms with Crippen LogP contribution in [0.1, 0.15) is 26.7 Å². The third-order valence-corrected chi connectivity index (χ3v) is 3.01. The molecular weight excluding hydrogens is 272 g/mol. The fourth-order valence-corrected chi connectivity index (χ4v) is 1.91. The lowest BCUT2D eigenvalue weighted by atomic mass is 9.96. The van der Waals surface area contributed by atoms with Gasteiger partial charge in [0, 0.05) is 11.8 Å². The second kappa shape index (κ2) is 6.94. The van der Waals surface area contributed by atoms with Crippen LogP contribution in [-0.2, 0) is 4.79 Å². The SMILES string of the molecule is CCCC(C)(N)C(=O)Nc1ccc(NC(N)=O)c(OC)c1. The second-order valence-electron chi connectivity index (χ2n) is 5.03. The lowest BCUT2D eigenvalue weighted by Crippen LogP contribution is -2.48. The zero-order valence-electron chi connectivity index (χ0n) is 12.5. The summed E-state index contributed by atoms with van der Waals surface area (Å²) in [4.78, 5) is 23.0. The predicted octanol–water partition coefficient (Wildman–Crippen LogP) is 1.64.